The second-order valence-corrected chi connectivity index (χ2v) is 5.64. The lowest BCUT2D eigenvalue weighted by atomic mass is 10.1. The minimum absolute atomic E-state index is 0.132. The number of rotatable bonds is 4. The lowest BCUT2D eigenvalue weighted by Crippen LogP contribution is -2.34. The van der Waals surface area contributed by atoms with Gasteiger partial charge in [-0.15, -0.1) is 0 Å². The number of nitrogens with one attached hydrogen (secondary N) is 1. The number of hydrogen-bond donors (Lipinski definition) is 1. The highest BCUT2D eigenvalue weighted by atomic mass is 16.1. The zero-order chi connectivity index (χ0) is 15.1. The summed E-state index contributed by atoms with van der Waals surface area (Å²) in [5.74, 6) is 1.14. The van der Waals surface area contributed by atoms with Gasteiger partial charge in [0.15, 0.2) is 5.78 Å². The molecule has 4 nitrogen and oxygen atoms in total. The van der Waals surface area contributed by atoms with Gasteiger partial charge < -0.3 is 0 Å². The Morgan fingerprint density at radius 3 is 2.77 bits per heavy atom. The van der Waals surface area contributed by atoms with E-state index in [1.54, 1.807) is 0 Å². The van der Waals surface area contributed by atoms with Gasteiger partial charge in [-0.3, -0.25) is 10.1 Å². The van der Waals surface area contributed by atoms with Crippen LogP contribution in [0, 0.1) is 0 Å². The summed E-state index contributed by atoms with van der Waals surface area (Å²) in [6.45, 7) is 1.33. The van der Waals surface area contributed by atoms with Crippen molar-refractivity contribution in [2.45, 2.75) is 19.5 Å². The molecular formula is C18H18N3O+. The molecule has 2 aromatic carbocycles. The first-order valence-corrected chi connectivity index (χ1v) is 7.59. The summed E-state index contributed by atoms with van der Waals surface area (Å²) < 4.78 is 4.37. The lowest BCUT2D eigenvalue weighted by molar-refractivity contribution is -0.650. The van der Waals surface area contributed by atoms with Crippen molar-refractivity contribution in [2.24, 2.45) is 0 Å². The van der Waals surface area contributed by atoms with Crippen molar-refractivity contribution in [1.82, 2.24) is 4.57 Å². The molecule has 1 aliphatic heterocycles. The second-order valence-electron chi connectivity index (χ2n) is 5.64. The van der Waals surface area contributed by atoms with Crippen molar-refractivity contribution in [3.05, 3.63) is 59.7 Å². The highest BCUT2D eigenvalue weighted by Gasteiger charge is 2.29. The van der Waals surface area contributed by atoms with Crippen molar-refractivity contribution < 1.29 is 9.36 Å². The number of aryl methyl sites for hydroxylation is 2. The molecule has 0 amide bonds. The SMILES string of the molecule is CNc1n(CC(=O)c2ccccc2)c2cccc3c2[n+]1CC3. The number of benzene rings is 2. The Bertz CT molecular complexity index is 865. The molecule has 0 fully saturated rings. The minimum atomic E-state index is 0.132. The molecule has 2 heterocycles. The van der Waals surface area contributed by atoms with Crippen LogP contribution in [0.4, 0.5) is 5.95 Å². The van der Waals surface area contributed by atoms with Crippen molar-refractivity contribution in [3.63, 3.8) is 0 Å². The molecule has 1 N–H and O–H groups in total. The Labute approximate surface area is 129 Å². The molecular weight excluding hydrogens is 274 g/mol. The third kappa shape index (κ3) is 1.84. The van der Waals surface area contributed by atoms with Crippen LogP contribution in [0.3, 0.4) is 0 Å². The van der Waals surface area contributed by atoms with Crippen molar-refractivity contribution in [1.29, 1.82) is 0 Å². The predicted molar refractivity (Wildman–Crippen MR) is 86.2 cm³/mol. The Morgan fingerprint density at radius 1 is 1.18 bits per heavy atom. The molecule has 1 aromatic heterocycles. The van der Waals surface area contributed by atoms with E-state index in [-0.39, 0.29) is 5.78 Å². The Balaban J connectivity index is 1.82. The molecule has 4 heteroatoms. The number of Topliss-reactive ketones (excluding diaryl/α,β-unsaturated/α-hetero) is 1. The highest BCUT2D eigenvalue weighted by Crippen LogP contribution is 2.26. The molecule has 22 heavy (non-hydrogen) atoms. The largest absolute Gasteiger partial charge is 0.358 e. The number of imidazole rings is 1. The molecule has 0 spiro atoms. The third-order valence-electron chi connectivity index (χ3n) is 4.40. The van der Waals surface area contributed by atoms with Crippen molar-refractivity contribution in [3.8, 4) is 0 Å². The van der Waals surface area contributed by atoms with Gasteiger partial charge in [0, 0.05) is 12.0 Å². The number of ketones is 1. The van der Waals surface area contributed by atoms with E-state index in [4.69, 9.17) is 0 Å². The maximum absolute atomic E-state index is 12.6. The summed E-state index contributed by atoms with van der Waals surface area (Å²) in [6, 6.07) is 15.8. The Hall–Kier alpha value is -2.62. The van der Waals surface area contributed by atoms with Gasteiger partial charge in [0.05, 0.1) is 13.6 Å². The monoisotopic (exact) mass is 292 g/mol. The zero-order valence-electron chi connectivity index (χ0n) is 12.5. The van der Waals surface area contributed by atoms with Gasteiger partial charge in [-0.1, -0.05) is 42.5 Å². The molecule has 0 saturated heterocycles. The topological polar surface area (TPSA) is 37.9 Å². The van der Waals surface area contributed by atoms with Gasteiger partial charge in [-0.05, 0) is 11.6 Å². The average molecular weight is 292 g/mol. The van der Waals surface area contributed by atoms with Crippen molar-refractivity contribution >= 4 is 22.8 Å². The van der Waals surface area contributed by atoms with Gasteiger partial charge in [0.1, 0.15) is 17.6 Å². The summed E-state index contributed by atoms with van der Waals surface area (Å²) in [6.07, 6.45) is 1.06. The van der Waals surface area contributed by atoms with Crippen LogP contribution in [0.1, 0.15) is 15.9 Å². The van der Waals surface area contributed by atoms with Crippen LogP contribution in [0.5, 0.6) is 0 Å². The van der Waals surface area contributed by atoms with Crippen LogP contribution >= 0.6 is 0 Å². The van der Waals surface area contributed by atoms with Gasteiger partial charge >= 0.3 is 5.95 Å². The molecule has 0 radical (unpaired) electrons. The van der Waals surface area contributed by atoms with E-state index < -0.39 is 0 Å². The molecule has 4 rings (SSSR count). The van der Waals surface area contributed by atoms with Gasteiger partial charge in [-0.25, -0.2) is 9.13 Å². The molecule has 0 aliphatic carbocycles. The lowest BCUT2D eigenvalue weighted by Gasteiger charge is -2.05. The maximum Gasteiger partial charge on any atom is 0.358 e. The first-order valence-electron chi connectivity index (χ1n) is 7.59. The Kier molecular flexibility index (Phi) is 2.96. The van der Waals surface area contributed by atoms with Gasteiger partial charge in [0.25, 0.3) is 0 Å². The number of carbonyl (C=O) groups excluding carboxylic acids is 1. The molecule has 0 unspecified atom stereocenters. The fourth-order valence-corrected chi connectivity index (χ4v) is 3.41. The first kappa shape index (κ1) is 13.1. The molecule has 110 valence electrons. The summed E-state index contributed by atoms with van der Waals surface area (Å²) in [4.78, 5) is 12.6. The van der Waals surface area contributed by atoms with E-state index in [1.807, 2.05) is 37.4 Å². The van der Waals surface area contributed by atoms with E-state index in [9.17, 15) is 4.79 Å². The number of carbonyl (C=O) groups is 1. The molecule has 0 atom stereocenters. The second kappa shape index (κ2) is 4.98. The summed E-state index contributed by atoms with van der Waals surface area (Å²) >= 11 is 0. The number of anilines is 1. The van der Waals surface area contributed by atoms with E-state index >= 15 is 0 Å². The fraction of sp³-hybridized carbons (Fsp3) is 0.222. The fourth-order valence-electron chi connectivity index (χ4n) is 3.41. The van der Waals surface area contributed by atoms with Gasteiger partial charge in [-0.2, -0.15) is 0 Å². The summed E-state index contributed by atoms with van der Waals surface area (Å²) in [7, 11) is 1.92. The maximum atomic E-state index is 12.6. The van der Waals surface area contributed by atoms with E-state index in [2.05, 4.69) is 32.7 Å². The zero-order valence-corrected chi connectivity index (χ0v) is 12.5. The highest BCUT2D eigenvalue weighted by molar-refractivity contribution is 5.97. The average Bonchev–Trinajstić information content (AvgIpc) is 3.12. The molecule has 1 aliphatic rings. The van der Waals surface area contributed by atoms with Crippen LogP contribution in [0.2, 0.25) is 0 Å². The van der Waals surface area contributed by atoms with E-state index in [0.717, 1.165) is 30.0 Å². The van der Waals surface area contributed by atoms with Crippen molar-refractivity contribution in [2.75, 3.05) is 12.4 Å². The number of nitrogens with zero attached hydrogens (tertiary/aromatic N) is 2. The third-order valence-corrected chi connectivity index (χ3v) is 4.40. The number of aromatic nitrogens is 2. The van der Waals surface area contributed by atoms with Crippen LogP contribution in [-0.4, -0.2) is 17.4 Å². The van der Waals surface area contributed by atoms with Crippen LogP contribution in [0.25, 0.3) is 11.0 Å². The predicted octanol–water partition coefficient (Wildman–Crippen LogP) is 2.41. The van der Waals surface area contributed by atoms with Crippen LogP contribution in [-0.2, 0) is 19.5 Å². The Morgan fingerprint density at radius 2 is 2.00 bits per heavy atom. The molecule has 0 saturated carbocycles. The van der Waals surface area contributed by atoms with Crippen LogP contribution in [0.15, 0.2) is 48.5 Å². The molecule has 0 bridgehead atoms. The minimum Gasteiger partial charge on any atom is -0.291 e. The standard InChI is InChI=1S/C18H17N3O/c1-19-18-20-11-10-14-8-5-9-15(17(14)20)21(18)12-16(22)13-6-3-2-4-7-13/h2-9H,10-12H2,1H3/p+1. The quantitative estimate of drug-likeness (QED) is 0.592. The molecule has 3 aromatic rings. The van der Waals surface area contributed by atoms with E-state index in [1.165, 1.54) is 11.1 Å². The normalized spacial score (nSPS) is 12.8. The number of hydrogen-bond acceptors (Lipinski definition) is 2. The first-order chi connectivity index (χ1) is 10.8. The van der Waals surface area contributed by atoms with Crippen LogP contribution < -0.4 is 9.88 Å². The van der Waals surface area contributed by atoms with E-state index in [0.29, 0.717) is 6.54 Å². The van der Waals surface area contributed by atoms with Gasteiger partial charge in [0.2, 0.25) is 0 Å². The smallest absolute Gasteiger partial charge is 0.291 e. The summed E-state index contributed by atoms with van der Waals surface area (Å²) in [5.41, 5.74) is 4.50. The number of para-hydroxylation sites is 1. The summed E-state index contributed by atoms with van der Waals surface area (Å²) in [5, 5.41) is 3.27.